The molecule has 0 unspecified atom stereocenters. The Bertz CT molecular complexity index is 817. The molecule has 1 fully saturated rings. The van der Waals surface area contributed by atoms with Crippen molar-refractivity contribution in [3.63, 3.8) is 0 Å². The van der Waals surface area contributed by atoms with E-state index in [0.29, 0.717) is 19.0 Å². The molecule has 0 spiro atoms. The molecule has 1 aliphatic rings. The minimum absolute atomic E-state index is 0.330. The van der Waals surface area contributed by atoms with Gasteiger partial charge in [0.1, 0.15) is 0 Å². The normalized spacial score (nSPS) is 15.5. The Hall–Kier alpha value is -2.09. The molecule has 0 amide bonds. The highest BCUT2D eigenvalue weighted by atomic mass is 32.2. The molecule has 0 bridgehead atoms. The lowest BCUT2D eigenvalue weighted by Crippen LogP contribution is -2.30. The van der Waals surface area contributed by atoms with Crippen LogP contribution in [0.5, 0.6) is 5.75 Å². The summed E-state index contributed by atoms with van der Waals surface area (Å²) in [6.07, 6.45) is 1.76. The minimum Gasteiger partial charge on any atom is -0.425 e. The molecule has 1 saturated heterocycles. The molecule has 0 atom stereocenters. The molecule has 2 aromatic carbocycles. The van der Waals surface area contributed by atoms with Crippen LogP contribution in [0.25, 0.3) is 10.8 Å². The van der Waals surface area contributed by atoms with Gasteiger partial charge in [-0.3, -0.25) is 4.79 Å². The van der Waals surface area contributed by atoms with Gasteiger partial charge in [0, 0.05) is 44.9 Å². The third kappa shape index (κ3) is 4.55. The fourth-order valence-corrected chi connectivity index (χ4v) is 3.65. The van der Waals surface area contributed by atoms with Gasteiger partial charge in [-0.2, -0.15) is 0 Å². The second-order valence-corrected chi connectivity index (χ2v) is 7.34. The summed E-state index contributed by atoms with van der Waals surface area (Å²) in [5.74, 6) is 0.261. The number of ether oxygens (including phenoxy) is 2. The van der Waals surface area contributed by atoms with E-state index in [4.69, 9.17) is 9.47 Å². The first-order valence-electron chi connectivity index (χ1n) is 8.50. The van der Waals surface area contributed by atoms with Crippen molar-refractivity contribution in [3.05, 3.63) is 30.3 Å². The van der Waals surface area contributed by atoms with Gasteiger partial charge in [-0.1, -0.05) is 18.2 Å². The van der Waals surface area contributed by atoms with E-state index < -0.39 is 0 Å². The number of aliphatic imine (C=N–C) groups is 1. The van der Waals surface area contributed by atoms with E-state index in [0.717, 1.165) is 34.4 Å². The smallest absolute Gasteiger partial charge is 0.308 e. The SMILES string of the molecule is CC(=O)Oc1c(SN2CCOCC2)ccc2c(N=CN(C)C)cccc12. The highest BCUT2D eigenvalue weighted by molar-refractivity contribution is 7.97. The summed E-state index contributed by atoms with van der Waals surface area (Å²) < 4.78 is 13.2. The first-order valence-corrected chi connectivity index (χ1v) is 9.27. The zero-order chi connectivity index (χ0) is 18.5. The Morgan fingerprint density at radius 1 is 1.23 bits per heavy atom. The van der Waals surface area contributed by atoms with Crippen LogP contribution in [-0.2, 0) is 9.53 Å². The average molecular weight is 373 g/mol. The first kappa shape index (κ1) is 18.7. The van der Waals surface area contributed by atoms with Crippen LogP contribution >= 0.6 is 11.9 Å². The van der Waals surface area contributed by atoms with Crippen LogP contribution in [-0.4, -0.2) is 61.9 Å². The van der Waals surface area contributed by atoms with Gasteiger partial charge < -0.3 is 14.4 Å². The highest BCUT2D eigenvalue weighted by Gasteiger charge is 2.18. The van der Waals surface area contributed by atoms with E-state index in [-0.39, 0.29) is 5.97 Å². The summed E-state index contributed by atoms with van der Waals surface area (Å²) in [5, 5.41) is 1.83. The van der Waals surface area contributed by atoms with Crippen molar-refractivity contribution in [2.75, 3.05) is 40.4 Å². The van der Waals surface area contributed by atoms with Gasteiger partial charge in [0.05, 0.1) is 30.1 Å². The van der Waals surface area contributed by atoms with Crippen LogP contribution in [0.4, 0.5) is 5.69 Å². The molecule has 0 aliphatic carbocycles. The zero-order valence-electron chi connectivity index (χ0n) is 15.3. The number of benzene rings is 2. The topological polar surface area (TPSA) is 54.4 Å². The molecule has 0 radical (unpaired) electrons. The molecule has 7 heteroatoms. The van der Waals surface area contributed by atoms with Crippen LogP contribution in [0, 0.1) is 0 Å². The highest BCUT2D eigenvalue weighted by Crippen LogP contribution is 2.40. The van der Waals surface area contributed by atoms with Crippen molar-refractivity contribution >= 4 is 40.7 Å². The third-order valence-corrected chi connectivity index (χ3v) is 4.97. The Labute approximate surface area is 157 Å². The van der Waals surface area contributed by atoms with Gasteiger partial charge in [-0.15, -0.1) is 0 Å². The number of fused-ring (bicyclic) bond motifs is 1. The van der Waals surface area contributed by atoms with Crippen molar-refractivity contribution in [1.82, 2.24) is 9.21 Å². The second-order valence-electron chi connectivity index (χ2n) is 6.20. The molecule has 3 rings (SSSR count). The number of carbonyl (C=O) groups is 1. The quantitative estimate of drug-likeness (QED) is 0.263. The number of esters is 1. The summed E-state index contributed by atoms with van der Waals surface area (Å²) in [5.41, 5.74) is 0.840. The maximum atomic E-state index is 11.7. The third-order valence-electron chi connectivity index (χ3n) is 3.82. The lowest BCUT2D eigenvalue weighted by atomic mass is 10.1. The van der Waals surface area contributed by atoms with Gasteiger partial charge in [-0.25, -0.2) is 9.30 Å². The molecule has 2 aromatic rings. The molecule has 1 heterocycles. The van der Waals surface area contributed by atoms with Gasteiger partial charge >= 0.3 is 5.97 Å². The van der Waals surface area contributed by atoms with E-state index in [9.17, 15) is 4.79 Å². The predicted molar refractivity (Wildman–Crippen MR) is 105 cm³/mol. The van der Waals surface area contributed by atoms with Crippen molar-refractivity contribution in [3.8, 4) is 5.75 Å². The van der Waals surface area contributed by atoms with Crippen LogP contribution < -0.4 is 4.74 Å². The molecule has 0 N–H and O–H groups in total. The van der Waals surface area contributed by atoms with Gasteiger partial charge in [0.25, 0.3) is 0 Å². The number of nitrogens with zero attached hydrogens (tertiary/aromatic N) is 3. The summed E-state index contributed by atoms with van der Waals surface area (Å²) >= 11 is 1.60. The maximum Gasteiger partial charge on any atom is 0.308 e. The van der Waals surface area contributed by atoms with E-state index in [1.165, 1.54) is 6.92 Å². The number of hydrogen-bond acceptors (Lipinski definition) is 6. The van der Waals surface area contributed by atoms with Gasteiger partial charge in [0.2, 0.25) is 0 Å². The van der Waals surface area contributed by atoms with Crippen molar-refractivity contribution in [2.24, 2.45) is 4.99 Å². The molecular formula is C19H23N3O3S. The molecule has 138 valence electrons. The van der Waals surface area contributed by atoms with Gasteiger partial charge in [-0.05, 0) is 24.1 Å². The molecule has 1 aliphatic heterocycles. The molecular weight excluding hydrogens is 350 g/mol. The summed E-state index contributed by atoms with van der Waals surface area (Å²) in [6.45, 7) is 4.54. The summed E-state index contributed by atoms with van der Waals surface area (Å²) in [6, 6.07) is 9.88. The predicted octanol–water partition coefficient (Wildman–Crippen LogP) is 3.33. The maximum absolute atomic E-state index is 11.7. The van der Waals surface area contributed by atoms with Gasteiger partial charge in [0.15, 0.2) is 5.75 Å². The molecule has 0 saturated carbocycles. The van der Waals surface area contributed by atoms with Crippen molar-refractivity contribution in [1.29, 1.82) is 0 Å². The number of morpholine rings is 1. The second kappa shape index (κ2) is 8.53. The van der Waals surface area contributed by atoms with Crippen LogP contribution in [0.3, 0.4) is 0 Å². The molecule has 26 heavy (non-hydrogen) atoms. The Morgan fingerprint density at radius 3 is 2.69 bits per heavy atom. The molecule has 0 aromatic heterocycles. The lowest BCUT2D eigenvalue weighted by molar-refractivity contribution is -0.131. The fourth-order valence-electron chi connectivity index (χ4n) is 2.68. The number of hydrogen-bond donors (Lipinski definition) is 0. The lowest BCUT2D eigenvalue weighted by Gasteiger charge is -2.26. The zero-order valence-corrected chi connectivity index (χ0v) is 16.1. The van der Waals surface area contributed by atoms with Crippen LogP contribution in [0.1, 0.15) is 6.92 Å². The summed E-state index contributed by atoms with van der Waals surface area (Å²) in [4.78, 5) is 19.0. The first-order chi connectivity index (χ1) is 12.5. The largest absolute Gasteiger partial charge is 0.425 e. The fraction of sp³-hybridized carbons (Fsp3) is 0.368. The van der Waals surface area contributed by atoms with Crippen molar-refractivity contribution < 1.29 is 14.3 Å². The molecule has 6 nitrogen and oxygen atoms in total. The van der Waals surface area contributed by atoms with Crippen LogP contribution in [0.2, 0.25) is 0 Å². The minimum atomic E-state index is -0.330. The van der Waals surface area contributed by atoms with E-state index >= 15 is 0 Å². The monoisotopic (exact) mass is 373 g/mol. The standard InChI is InChI=1S/C19H23N3O3S/c1-14(23)25-19-16-5-4-6-17(20-13-21(2)3)15(16)7-8-18(19)26-22-9-11-24-12-10-22/h4-8,13H,9-12H2,1-3H3. The van der Waals surface area contributed by atoms with E-state index in [2.05, 4.69) is 9.30 Å². The van der Waals surface area contributed by atoms with Crippen molar-refractivity contribution in [2.45, 2.75) is 11.8 Å². The Morgan fingerprint density at radius 2 is 2.00 bits per heavy atom. The van der Waals surface area contributed by atoms with E-state index in [1.807, 2.05) is 49.3 Å². The Balaban J connectivity index is 2.03. The average Bonchev–Trinajstić information content (AvgIpc) is 2.62. The van der Waals surface area contributed by atoms with Crippen LogP contribution in [0.15, 0.2) is 40.2 Å². The summed E-state index contributed by atoms with van der Waals surface area (Å²) in [7, 11) is 3.85. The number of rotatable bonds is 5. The number of carbonyl (C=O) groups excluding carboxylic acids is 1. The van der Waals surface area contributed by atoms with E-state index in [1.54, 1.807) is 18.3 Å². The Kier molecular flexibility index (Phi) is 6.13.